The van der Waals surface area contributed by atoms with Crippen molar-refractivity contribution in [3.8, 4) is 0 Å². The van der Waals surface area contributed by atoms with Crippen LogP contribution in [0.15, 0.2) is 30.3 Å². The van der Waals surface area contributed by atoms with E-state index in [-0.39, 0.29) is 26.2 Å². The molecule has 0 atom stereocenters. The van der Waals surface area contributed by atoms with Gasteiger partial charge in [-0.2, -0.15) is 13.2 Å². The molecule has 0 aliphatic rings. The Hall–Kier alpha value is -1.11. The molecule has 0 aromatic heterocycles. The van der Waals surface area contributed by atoms with E-state index in [1.54, 1.807) is 30.3 Å². The number of aliphatic hydroxyl groups excluding tert-OH is 2. The van der Waals surface area contributed by atoms with E-state index in [2.05, 4.69) is 4.74 Å². The smallest absolute Gasteiger partial charge is 0.395 e. The number of rotatable bonds is 7. The van der Waals surface area contributed by atoms with Gasteiger partial charge < -0.3 is 14.9 Å². The fourth-order valence-electron chi connectivity index (χ4n) is 1.78. The molecule has 1 aromatic rings. The second kappa shape index (κ2) is 6.88. The van der Waals surface area contributed by atoms with Gasteiger partial charge in [-0.3, -0.25) is 0 Å². The fraction of sp³-hybridized carbons (Fsp3) is 0.538. The second-order valence-electron chi connectivity index (χ2n) is 4.38. The predicted octanol–water partition coefficient (Wildman–Crippen LogP) is 1.88. The van der Waals surface area contributed by atoms with E-state index in [0.717, 1.165) is 0 Å². The number of halogens is 3. The average molecular weight is 278 g/mol. The van der Waals surface area contributed by atoms with Crippen LogP contribution in [0, 0.1) is 0 Å². The lowest BCUT2D eigenvalue weighted by Gasteiger charge is -2.30. The zero-order valence-electron chi connectivity index (χ0n) is 10.4. The maximum absolute atomic E-state index is 11.9. The summed E-state index contributed by atoms with van der Waals surface area (Å²) in [4.78, 5) is 0. The van der Waals surface area contributed by atoms with Gasteiger partial charge >= 0.3 is 6.18 Å². The van der Waals surface area contributed by atoms with Crippen molar-refractivity contribution in [2.75, 3.05) is 26.4 Å². The van der Waals surface area contributed by atoms with Gasteiger partial charge in [0.1, 0.15) is 6.61 Å². The lowest BCUT2D eigenvalue weighted by Crippen LogP contribution is -2.36. The van der Waals surface area contributed by atoms with Gasteiger partial charge in [-0.25, -0.2) is 0 Å². The third kappa shape index (κ3) is 4.81. The third-order valence-electron chi connectivity index (χ3n) is 2.98. The van der Waals surface area contributed by atoms with Gasteiger partial charge in [0.2, 0.25) is 0 Å². The first-order valence-corrected chi connectivity index (χ1v) is 5.85. The molecule has 0 fully saturated rings. The molecule has 6 heteroatoms. The van der Waals surface area contributed by atoms with Gasteiger partial charge in [-0.15, -0.1) is 0 Å². The maximum Gasteiger partial charge on any atom is 0.411 e. The summed E-state index contributed by atoms with van der Waals surface area (Å²) in [5.74, 6) is 0. The van der Waals surface area contributed by atoms with Crippen LogP contribution in [0.2, 0.25) is 0 Å². The van der Waals surface area contributed by atoms with Crippen LogP contribution in [-0.2, 0) is 10.2 Å². The number of aliphatic hydroxyl groups is 2. The third-order valence-corrected chi connectivity index (χ3v) is 2.98. The summed E-state index contributed by atoms with van der Waals surface area (Å²) < 4.78 is 40.3. The molecular formula is C13H17F3O3. The first-order valence-electron chi connectivity index (χ1n) is 5.85. The van der Waals surface area contributed by atoms with E-state index < -0.39 is 18.2 Å². The first kappa shape index (κ1) is 15.9. The van der Waals surface area contributed by atoms with Crippen molar-refractivity contribution in [2.24, 2.45) is 0 Å². The molecule has 0 saturated carbocycles. The molecule has 19 heavy (non-hydrogen) atoms. The highest BCUT2D eigenvalue weighted by atomic mass is 19.4. The molecule has 0 bridgehead atoms. The Morgan fingerprint density at radius 3 is 2.05 bits per heavy atom. The Morgan fingerprint density at radius 1 is 1.00 bits per heavy atom. The standard InChI is InChI=1S/C13H17F3O3/c14-13(15,16)10-19-7-6-12(8-17,9-18)11-4-2-1-3-5-11/h1-5,17-18H,6-10H2. The van der Waals surface area contributed by atoms with Gasteiger partial charge in [-0.1, -0.05) is 30.3 Å². The van der Waals surface area contributed by atoms with Crippen LogP contribution in [0.5, 0.6) is 0 Å². The van der Waals surface area contributed by atoms with Crippen molar-refractivity contribution in [1.82, 2.24) is 0 Å². The zero-order chi connectivity index (χ0) is 14.4. The first-order chi connectivity index (χ1) is 8.93. The second-order valence-corrected chi connectivity index (χ2v) is 4.38. The Bertz CT molecular complexity index is 361. The number of hydrogen-bond donors (Lipinski definition) is 2. The molecule has 0 saturated heterocycles. The average Bonchev–Trinajstić information content (AvgIpc) is 2.39. The van der Waals surface area contributed by atoms with E-state index in [1.807, 2.05) is 0 Å². The van der Waals surface area contributed by atoms with Crippen LogP contribution in [0.4, 0.5) is 13.2 Å². The predicted molar refractivity (Wildman–Crippen MR) is 63.8 cm³/mol. The summed E-state index contributed by atoms with van der Waals surface area (Å²) in [7, 11) is 0. The van der Waals surface area contributed by atoms with E-state index in [1.165, 1.54) is 0 Å². The number of ether oxygens (including phenoxy) is 1. The van der Waals surface area contributed by atoms with Crippen molar-refractivity contribution in [3.05, 3.63) is 35.9 Å². The van der Waals surface area contributed by atoms with Crippen LogP contribution in [0.1, 0.15) is 12.0 Å². The molecular weight excluding hydrogens is 261 g/mol. The molecule has 0 amide bonds. The Morgan fingerprint density at radius 2 is 1.58 bits per heavy atom. The highest BCUT2D eigenvalue weighted by molar-refractivity contribution is 5.25. The fourth-order valence-corrected chi connectivity index (χ4v) is 1.78. The molecule has 1 rings (SSSR count). The largest absolute Gasteiger partial charge is 0.411 e. The molecule has 0 aliphatic heterocycles. The quantitative estimate of drug-likeness (QED) is 0.749. The van der Waals surface area contributed by atoms with Crippen LogP contribution in [-0.4, -0.2) is 42.8 Å². The normalized spacial score (nSPS) is 12.7. The zero-order valence-corrected chi connectivity index (χ0v) is 10.4. The van der Waals surface area contributed by atoms with Crippen LogP contribution in [0.3, 0.4) is 0 Å². The lowest BCUT2D eigenvalue weighted by molar-refractivity contribution is -0.175. The van der Waals surface area contributed by atoms with Crippen LogP contribution >= 0.6 is 0 Å². The highest BCUT2D eigenvalue weighted by Crippen LogP contribution is 2.27. The van der Waals surface area contributed by atoms with Gasteiger partial charge in [-0.05, 0) is 12.0 Å². The van der Waals surface area contributed by atoms with Gasteiger partial charge in [0.25, 0.3) is 0 Å². The van der Waals surface area contributed by atoms with Crippen molar-refractivity contribution < 1.29 is 28.1 Å². The van der Waals surface area contributed by atoms with Gasteiger partial charge in [0.15, 0.2) is 0 Å². The molecule has 2 N–H and O–H groups in total. The Balaban J connectivity index is 2.63. The Labute approximate surface area is 109 Å². The monoisotopic (exact) mass is 278 g/mol. The molecule has 0 spiro atoms. The molecule has 0 radical (unpaired) electrons. The van der Waals surface area contributed by atoms with Crippen molar-refractivity contribution >= 4 is 0 Å². The molecule has 1 aromatic carbocycles. The molecule has 0 heterocycles. The summed E-state index contributed by atoms with van der Waals surface area (Å²) in [5.41, 5.74) is -0.303. The number of hydrogen-bond acceptors (Lipinski definition) is 3. The molecule has 0 unspecified atom stereocenters. The summed E-state index contributed by atoms with van der Waals surface area (Å²) in [5, 5.41) is 18.9. The number of alkyl halides is 3. The lowest BCUT2D eigenvalue weighted by atomic mass is 9.79. The summed E-state index contributed by atoms with van der Waals surface area (Å²) in [6.07, 6.45) is -4.26. The van der Waals surface area contributed by atoms with E-state index in [0.29, 0.717) is 5.56 Å². The van der Waals surface area contributed by atoms with E-state index in [4.69, 9.17) is 0 Å². The van der Waals surface area contributed by atoms with Crippen molar-refractivity contribution in [1.29, 1.82) is 0 Å². The van der Waals surface area contributed by atoms with Gasteiger partial charge in [0.05, 0.1) is 13.2 Å². The van der Waals surface area contributed by atoms with E-state index >= 15 is 0 Å². The van der Waals surface area contributed by atoms with Crippen molar-refractivity contribution in [2.45, 2.75) is 18.0 Å². The molecule has 0 aliphatic carbocycles. The highest BCUT2D eigenvalue weighted by Gasteiger charge is 2.32. The SMILES string of the molecule is OCC(CO)(CCOCC(F)(F)F)c1ccccc1. The van der Waals surface area contributed by atoms with Crippen LogP contribution in [0.25, 0.3) is 0 Å². The summed E-state index contributed by atoms with van der Waals surface area (Å²) in [6.45, 7) is -2.23. The molecule has 108 valence electrons. The summed E-state index contributed by atoms with van der Waals surface area (Å²) >= 11 is 0. The minimum atomic E-state index is -4.37. The topological polar surface area (TPSA) is 49.7 Å². The van der Waals surface area contributed by atoms with E-state index in [9.17, 15) is 23.4 Å². The molecule has 3 nitrogen and oxygen atoms in total. The van der Waals surface area contributed by atoms with Crippen LogP contribution < -0.4 is 0 Å². The van der Waals surface area contributed by atoms with Gasteiger partial charge in [0, 0.05) is 12.0 Å². The summed E-state index contributed by atoms with van der Waals surface area (Å²) in [6, 6.07) is 8.70. The Kier molecular flexibility index (Phi) is 5.78. The minimum Gasteiger partial charge on any atom is -0.395 e. The minimum absolute atomic E-state index is 0.111. The number of benzene rings is 1. The maximum atomic E-state index is 11.9. The van der Waals surface area contributed by atoms with Crippen molar-refractivity contribution in [3.63, 3.8) is 0 Å².